The van der Waals surface area contributed by atoms with Gasteiger partial charge in [0.05, 0.1) is 6.10 Å². The zero-order chi connectivity index (χ0) is 12.7. The van der Waals surface area contributed by atoms with E-state index in [0.717, 1.165) is 24.4 Å². The van der Waals surface area contributed by atoms with Crippen LogP contribution in [-0.4, -0.2) is 12.6 Å². The molecule has 0 radical (unpaired) electrons. The Bertz CT molecular complexity index is 367. The van der Waals surface area contributed by atoms with Gasteiger partial charge in [-0.05, 0) is 39.3 Å². The molecule has 0 amide bonds. The van der Waals surface area contributed by atoms with E-state index in [9.17, 15) is 0 Å². The van der Waals surface area contributed by atoms with Crippen molar-refractivity contribution in [3.8, 4) is 5.75 Å². The molecule has 1 unspecified atom stereocenters. The van der Waals surface area contributed by atoms with Crippen LogP contribution in [0, 0.1) is 0 Å². The molecule has 1 rings (SSSR count). The van der Waals surface area contributed by atoms with Crippen LogP contribution in [0.1, 0.15) is 34.1 Å². The highest BCUT2D eigenvalue weighted by atomic mass is 16.5. The third kappa shape index (κ3) is 5.43. The Balaban J connectivity index is 2.56. The number of benzene rings is 1. The van der Waals surface area contributed by atoms with Crippen molar-refractivity contribution in [2.75, 3.05) is 11.9 Å². The van der Waals surface area contributed by atoms with Crippen molar-refractivity contribution in [2.45, 2.75) is 40.2 Å². The summed E-state index contributed by atoms with van der Waals surface area (Å²) >= 11 is 0. The molecular weight excluding hydrogens is 210 g/mol. The largest absolute Gasteiger partial charge is 0.491 e. The fourth-order valence-electron chi connectivity index (χ4n) is 1.37. The van der Waals surface area contributed by atoms with Gasteiger partial charge >= 0.3 is 0 Å². The molecule has 0 saturated carbocycles. The second-order valence-corrected chi connectivity index (χ2v) is 4.53. The SMILES string of the molecule is CCC(C)Oc1cccc(NCC=C(C)C)c1. The maximum atomic E-state index is 5.78. The number of rotatable bonds is 6. The lowest BCUT2D eigenvalue weighted by molar-refractivity contribution is 0.217. The molecule has 0 bridgehead atoms. The first-order valence-electron chi connectivity index (χ1n) is 6.25. The van der Waals surface area contributed by atoms with Gasteiger partial charge in [0.1, 0.15) is 5.75 Å². The standard InChI is InChI=1S/C15H23NO/c1-5-13(4)17-15-8-6-7-14(11-15)16-10-9-12(2)3/h6-9,11,13,16H,5,10H2,1-4H3. The fourth-order valence-corrected chi connectivity index (χ4v) is 1.37. The minimum absolute atomic E-state index is 0.267. The Hall–Kier alpha value is -1.44. The molecule has 0 aromatic heterocycles. The van der Waals surface area contributed by atoms with Crippen LogP contribution >= 0.6 is 0 Å². The van der Waals surface area contributed by atoms with Crippen LogP contribution in [0.25, 0.3) is 0 Å². The monoisotopic (exact) mass is 233 g/mol. The molecule has 17 heavy (non-hydrogen) atoms. The summed E-state index contributed by atoms with van der Waals surface area (Å²) in [5.74, 6) is 0.932. The van der Waals surface area contributed by atoms with Crippen molar-refractivity contribution in [3.63, 3.8) is 0 Å². The summed E-state index contributed by atoms with van der Waals surface area (Å²) in [6.45, 7) is 9.27. The Kier molecular flexibility index (Phi) is 5.61. The van der Waals surface area contributed by atoms with Gasteiger partial charge in [0.25, 0.3) is 0 Å². The molecule has 0 aliphatic carbocycles. The minimum atomic E-state index is 0.267. The zero-order valence-electron chi connectivity index (χ0n) is 11.3. The first-order chi connectivity index (χ1) is 8.11. The summed E-state index contributed by atoms with van der Waals surface area (Å²) in [5.41, 5.74) is 2.42. The predicted octanol–water partition coefficient (Wildman–Crippen LogP) is 4.24. The van der Waals surface area contributed by atoms with Gasteiger partial charge in [-0.15, -0.1) is 0 Å². The summed E-state index contributed by atoms with van der Waals surface area (Å²) < 4.78 is 5.78. The predicted molar refractivity (Wildman–Crippen MR) is 74.7 cm³/mol. The van der Waals surface area contributed by atoms with Crippen molar-refractivity contribution in [3.05, 3.63) is 35.9 Å². The van der Waals surface area contributed by atoms with Gasteiger partial charge in [-0.1, -0.05) is 24.6 Å². The van der Waals surface area contributed by atoms with E-state index in [2.05, 4.69) is 45.2 Å². The van der Waals surface area contributed by atoms with Crippen molar-refractivity contribution < 1.29 is 4.74 Å². The lowest BCUT2D eigenvalue weighted by Crippen LogP contribution is -2.09. The minimum Gasteiger partial charge on any atom is -0.491 e. The normalized spacial score (nSPS) is 11.8. The molecular formula is C15H23NO. The number of allylic oxidation sites excluding steroid dienone is 1. The van der Waals surface area contributed by atoms with Crippen LogP contribution in [0.2, 0.25) is 0 Å². The average molecular weight is 233 g/mol. The molecule has 1 atom stereocenters. The number of hydrogen-bond donors (Lipinski definition) is 1. The summed E-state index contributed by atoms with van der Waals surface area (Å²) in [5, 5.41) is 3.35. The highest BCUT2D eigenvalue weighted by molar-refractivity contribution is 5.48. The summed E-state index contributed by atoms with van der Waals surface area (Å²) in [6, 6.07) is 8.12. The first-order valence-corrected chi connectivity index (χ1v) is 6.25. The maximum absolute atomic E-state index is 5.78. The van der Waals surface area contributed by atoms with Crippen molar-refractivity contribution in [1.29, 1.82) is 0 Å². The highest BCUT2D eigenvalue weighted by Crippen LogP contribution is 2.19. The number of ether oxygens (including phenoxy) is 1. The molecule has 0 saturated heterocycles. The molecule has 0 fully saturated rings. The van der Waals surface area contributed by atoms with E-state index in [1.165, 1.54) is 5.57 Å². The lowest BCUT2D eigenvalue weighted by atomic mass is 10.2. The van der Waals surface area contributed by atoms with E-state index >= 15 is 0 Å². The van der Waals surface area contributed by atoms with Crippen LogP contribution < -0.4 is 10.1 Å². The fraction of sp³-hybridized carbons (Fsp3) is 0.467. The van der Waals surface area contributed by atoms with Crippen LogP contribution in [-0.2, 0) is 0 Å². The molecule has 94 valence electrons. The van der Waals surface area contributed by atoms with E-state index < -0.39 is 0 Å². The lowest BCUT2D eigenvalue weighted by Gasteiger charge is -2.13. The smallest absolute Gasteiger partial charge is 0.121 e. The van der Waals surface area contributed by atoms with Crippen LogP contribution in [0.15, 0.2) is 35.9 Å². The van der Waals surface area contributed by atoms with E-state index in [0.29, 0.717) is 0 Å². The molecule has 0 heterocycles. The first kappa shape index (κ1) is 13.6. The second-order valence-electron chi connectivity index (χ2n) is 4.53. The third-order valence-electron chi connectivity index (χ3n) is 2.56. The Morgan fingerprint density at radius 3 is 2.82 bits per heavy atom. The molecule has 2 heteroatoms. The Morgan fingerprint density at radius 2 is 2.18 bits per heavy atom. The van der Waals surface area contributed by atoms with Crippen molar-refractivity contribution in [1.82, 2.24) is 0 Å². The van der Waals surface area contributed by atoms with Gasteiger partial charge in [0, 0.05) is 18.3 Å². The molecule has 2 nitrogen and oxygen atoms in total. The van der Waals surface area contributed by atoms with Gasteiger partial charge in [-0.3, -0.25) is 0 Å². The molecule has 0 aliphatic rings. The van der Waals surface area contributed by atoms with Gasteiger partial charge in [-0.2, -0.15) is 0 Å². The molecule has 1 aromatic carbocycles. The van der Waals surface area contributed by atoms with Gasteiger partial charge in [-0.25, -0.2) is 0 Å². The summed E-state index contributed by atoms with van der Waals surface area (Å²) in [6.07, 6.45) is 3.46. The van der Waals surface area contributed by atoms with Gasteiger partial charge < -0.3 is 10.1 Å². The van der Waals surface area contributed by atoms with Crippen molar-refractivity contribution >= 4 is 5.69 Å². The van der Waals surface area contributed by atoms with E-state index in [4.69, 9.17) is 4.74 Å². The van der Waals surface area contributed by atoms with E-state index in [1.54, 1.807) is 0 Å². The van der Waals surface area contributed by atoms with Crippen LogP contribution in [0.3, 0.4) is 0 Å². The molecule has 1 aromatic rings. The zero-order valence-corrected chi connectivity index (χ0v) is 11.3. The van der Waals surface area contributed by atoms with Gasteiger partial charge in [0.15, 0.2) is 0 Å². The van der Waals surface area contributed by atoms with Crippen LogP contribution in [0.4, 0.5) is 5.69 Å². The maximum Gasteiger partial charge on any atom is 0.121 e. The molecule has 0 aliphatic heterocycles. The quantitative estimate of drug-likeness (QED) is 0.742. The highest BCUT2D eigenvalue weighted by Gasteiger charge is 2.01. The average Bonchev–Trinajstić information content (AvgIpc) is 2.29. The Morgan fingerprint density at radius 1 is 1.41 bits per heavy atom. The van der Waals surface area contributed by atoms with E-state index in [1.807, 2.05) is 18.2 Å². The number of hydrogen-bond acceptors (Lipinski definition) is 2. The van der Waals surface area contributed by atoms with Gasteiger partial charge in [0.2, 0.25) is 0 Å². The third-order valence-corrected chi connectivity index (χ3v) is 2.56. The number of anilines is 1. The van der Waals surface area contributed by atoms with E-state index in [-0.39, 0.29) is 6.10 Å². The Labute approximate surface area is 105 Å². The molecule has 1 N–H and O–H groups in total. The molecule has 0 spiro atoms. The second kappa shape index (κ2) is 7.00. The topological polar surface area (TPSA) is 21.3 Å². The van der Waals surface area contributed by atoms with Crippen molar-refractivity contribution in [2.24, 2.45) is 0 Å². The number of nitrogens with one attached hydrogen (secondary N) is 1. The van der Waals surface area contributed by atoms with Crippen LogP contribution in [0.5, 0.6) is 5.75 Å². The summed E-state index contributed by atoms with van der Waals surface area (Å²) in [4.78, 5) is 0. The summed E-state index contributed by atoms with van der Waals surface area (Å²) in [7, 11) is 0.